The predicted molar refractivity (Wildman–Crippen MR) is 64.7 cm³/mol. The first kappa shape index (κ1) is 17.7. The Morgan fingerprint density at radius 2 is 1.20 bits per heavy atom. The molecular formula is C14H22Y-2. The summed E-state index contributed by atoms with van der Waals surface area (Å²) in [5, 5.41) is 0. The van der Waals surface area contributed by atoms with Crippen molar-refractivity contribution in [3.05, 3.63) is 41.3 Å². The van der Waals surface area contributed by atoms with Gasteiger partial charge in [-0.1, -0.05) is 41.5 Å². The largest absolute Gasteiger partial charge is 0.358 e. The van der Waals surface area contributed by atoms with Crippen molar-refractivity contribution in [2.24, 2.45) is 0 Å². The maximum absolute atomic E-state index is 3.40. The molecule has 0 saturated heterocycles. The molecule has 15 heavy (non-hydrogen) atoms. The molecule has 1 heteroatoms. The SMILES string of the molecule is Cc1[c-]c(C)c(C)c(C(C)C)c1C.[CH3-].[Y]. The summed E-state index contributed by atoms with van der Waals surface area (Å²) >= 11 is 0. The standard InChI is InChI=1S/C13H19.CH3.Y/c1-8(2)13-11(5)9(3)7-10(4)12(13)6;;/h8H,1-6H3;1H3;/q2*-1;. The molecule has 1 aromatic carbocycles. The topological polar surface area (TPSA) is 0 Å². The molecule has 0 bridgehead atoms. The zero-order valence-electron chi connectivity index (χ0n) is 11.2. The van der Waals surface area contributed by atoms with Crippen LogP contribution in [0.1, 0.15) is 47.6 Å². The molecular weight excluding hydrogens is 257 g/mol. The third-order valence-corrected chi connectivity index (χ3v) is 2.89. The Morgan fingerprint density at radius 1 is 0.867 bits per heavy atom. The minimum absolute atomic E-state index is 0. The molecule has 0 spiro atoms. The van der Waals surface area contributed by atoms with Gasteiger partial charge in [-0.15, -0.1) is 5.56 Å². The molecule has 0 fully saturated rings. The Bertz CT molecular complexity index is 298. The summed E-state index contributed by atoms with van der Waals surface area (Å²) in [6.07, 6.45) is 0. The van der Waals surface area contributed by atoms with Crippen LogP contribution in [0, 0.1) is 41.2 Å². The molecule has 1 aromatic rings. The molecule has 0 aliphatic rings. The maximum Gasteiger partial charge on any atom is 0 e. The first-order valence-electron chi connectivity index (χ1n) is 4.94. The van der Waals surface area contributed by atoms with Crippen molar-refractivity contribution < 1.29 is 32.7 Å². The van der Waals surface area contributed by atoms with E-state index in [0.29, 0.717) is 5.92 Å². The van der Waals surface area contributed by atoms with Crippen molar-refractivity contribution in [1.29, 1.82) is 0 Å². The van der Waals surface area contributed by atoms with Gasteiger partial charge >= 0.3 is 0 Å². The third kappa shape index (κ3) is 3.68. The van der Waals surface area contributed by atoms with Crippen LogP contribution in [0.2, 0.25) is 0 Å². The summed E-state index contributed by atoms with van der Waals surface area (Å²) in [7, 11) is 0. The van der Waals surface area contributed by atoms with Crippen LogP contribution in [0.15, 0.2) is 0 Å². The Balaban J connectivity index is 0. The normalized spacial score (nSPS) is 9.53. The van der Waals surface area contributed by atoms with E-state index in [2.05, 4.69) is 47.6 Å². The van der Waals surface area contributed by atoms with Gasteiger partial charge in [0.25, 0.3) is 0 Å². The van der Waals surface area contributed by atoms with Gasteiger partial charge in [-0.2, -0.15) is 28.3 Å². The molecule has 0 heterocycles. The van der Waals surface area contributed by atoms with Gasteiger partial charge in [0, 0.05) is 32.7 Å². The van der Waals surface area contributed by atoms with E-state index in [1.54, 1.807) is 0 Å². The van der Waals surface area contributed by atoms with Crippen molar-refractivity contribution in [3.63, 3.8) is 0 Å². The van der Waals surface area contributed by atoms with E-state index < -0.39 is 0 Å². The number of rotatable bonds is 1. The quantitative estimate of drug-likeness (QED) is 0.673. The smallest absolute Gasteiger partial charge is 0 e. The zero-order valence-corrected chi connectivity index (χ0v) is 14.0. The van der Waals surface area contributed by atoms with Crippen LogP contribution >= 0.6 is 0 Å². The van der Waals surface area contributed by atoms with Gasteiger partial charge in [0.1, 0.15) is 0 Å². The van der Waals surface area contributed by atoms with Gasteiger partial charge in [0.05, 0.1) is 0 Å². The monoisotopic (exact) mass is 279 g/mol. The fourth-order valence-corrected chi connectivity index (χ4v) is 2.02. The van der Waals surface area contributed by atoms with Crippen LogP contribution in [0.25, 0.3) is 0 Å². The molecule has 0 aliphatic carbocycles. The second-order valence-corrected chi connectivity index (χ2v) is 4.19. The Kier molecular flexibility index (Phi) is 8.04. The summed E-state index contributed by atoms with van der Waals surface area (Å²) in [6, 6.07) is 3.40. The molecule has 1 radical (unpaired) electrons. The molecule has 0 aliphatic heterocycles. The molecule has 0 aromatic heterocycles. The minimum atomic E-state index is 0. The van der Waals surface area contributed by atoms with Gasteiger partial charge in [0.15, 0.2) is 0 Å². The van der Waals surface area contributed by atoms with Gasteiger partial charge in [-0.05, 0) is 5.92 Å². The average molecular weight is 279 g/mol. The number of aryl methyl sites for hydroxylation is 2. The molecule has 83 valence electrons. The number of hydrogen-bond donors (Lipinski definition) is 0. The van der Waals surface area contributed by atoms with Crippen molar-refractivity contribution >= 4 is 0 Å². The molecule has 1 rings (SSSR count). The first-order valence-corrected chi connectivity index (χ1v) is 4.94. The van der Waals surface area contributed by atoms with E-state index in [1.165, 1.54) is 27.8 Å². The van der Waals surface area contributed by atoms with Crippen LogP contribution in [-0.2, 0) is 32.7 Å². The van der Waals surface area contributed by atoms with Crippen molar-refractivity contribution in [2.45, 2.75) is 47.5 Å². The Morgan fingerprint density at radius 3 is 1.47 bits per heavy atom. The molecule has 0 unspecified atom stereocenters. The second-order valence-electron chi connectivity index (χ2n) is 4.19. The third-order valence-electron chi connectivity index (χ3n) is 2.89. The van der Waals surface area contributed by atoms with E-state index in [0.717, 1.165) is 0 Å². The van der Waals surface area contributed by atoms with Crippen LogP contribution in [0.3, 0.4) is 0 Å². The van der Waals surface area contributed by atoms with Crippen LogP contribution < -0.4 is 0 Å². The summed E-state index contributed by atoms with van der Waals surface area (Å²) in [5.74, 6) is 0.618. The summed E-state index contributed by atoms with van der Waals surface area (Å²) < 4.78 is 0. The molecule has 0 amide bonds. The molecule has 0 N–H and O–H groups in total. The van der Waals surface area contributed by atoms with Crippen molar-refractivity contribution in [1.82, 2.24) is 0 Å². The minimum Gasteiger partial charge on any atom is -0.358 e. The van der Waals surface area contributed by atoms with Gasteiger partial charge in [-0.25, -0.2) is 0 Å². The van der Waals surface area contributed by atoms with Gasteiger partial charge in [0.2, 0.25) is 0 Å². The second kappa shape index (κ2) is 6.81. The molecule has 0 nitrogen and oxygen atoms in total. The summed E-state index contributed by atoms with van der Waals surface area (Å²) in [4.78, 5) is 0. The Hall–Kier alpha value is 0.324. The van der Waals surface area contributed by atoms with Crippen molar-refractivity contribution in [2.75, 3.05) is 0 Å². The van der Waals surface area contributed by atoms with E-state index in [9.17, 15) is 0 Å². The van der Waals surface area contributed by atoms with Crippen LogP contribution in [-0.4, -0.2) is 0 Å². The zero-order chi connectivity index (χ0) is 10.2. The van der Waals surface area contributed by atoms with Gasteiger partial charge < -0.3 is 7.43 Å². The fourth-order valence-electron chi connectivity index (χ4n) is 2.02. The molecule has 0 saturated carbocycles. The van der Waals surface area contributed by atoms with Crippen LogP contribution in [0.5, 0.6) is 0 Å². The van der Waals surface area contributed by atoms with E-state index in [1.807, 2.05) is 0 Å². The van der Waals surface area contributed by atoms with E-state index >= 15 is 0 Å². The maximum atomic E-state index is 3.40. The van der Waals surface area contributed by atoms with Crippen molar-refractivity contribution in [3.8, 4) is 0 Å². The van der Waals surface area contributed by atoms with E-state index in [-0.39, 0.29) is 40.1 Å². The number of hydrogen-bond acceptors (Lipinski definition) is 0. The summed E-state index contributed by atoms with van der Waals surface area (Å²) in [5.41, 5.74) is 6.93. The average Bonchev–Trinajstić information content (AvgIpc) is 2.01. The number of benzene rings is 1. The fraction of sp³-hybridized carbons (Fsp3) is 0.500. The predicted octanol–water partition coefficient (Wildman–Crippen LogP) is 4.29. The van der Waals surface area contributed by atoms with Crippen LogP contribution in [0.4, 0.5) is 0 Å². The molecule has 0 atom stereocenters. The summed E-state index contributed by atoms with van der Waals surface area (Å²) in [6.45, 7) is 13.2. The Labute approximate surface area is 121 Å². The first-order chi connectivity index (χ1) is 5.95. The van der Waals surface area contributed by atoms with Gasteiger partial charge in [-0.3, -0.25) is 0 Å². The van der Waals surface area contributed by atoms with E-state index in [4.69, 9.17) is 0 Å².